The van der Waals surface area contributed by atoms with Crippen molar-refractivity contribution >= 4 is 43.5 Å². The van der Waals surface area contributed by atoms with E-state index in [-0.39, 0.29) is 23.8 Å². The Morgan fingerprint density at radius 3 is 2.00 bits per heavy atom. The number of sulfonamides is 1. The molecule has 0 heterocycles. The zero-order valence-electron chi connectivity index (χ0n) is 22.7. The molecule has 4 aromatic rings. The predicted molar refractivity (Wildman–Crippen MR) is 165 cm³/mol. The lowest BCUT2D eigenvalue weighted by atomic mass is 10.0. The molecule has 0 radical (unpaired) electrons. The van der Waals surface area contributed by atoms with Crippen LogP contribution in [0.4, 0.5) is 5.69 Å². The standard InChI is InChI=1S/C32H32BrN3O4S/c1-2-34-32(38)30(22-25-13-6-3-7-14-25)35(23-26-15-12-16-27(33)21-26)31(37)24-36(28-17-8-4-9-18-28)41(39,40)29-19-10-5-11-20-29/h3-21,30H,2,22-24H2,1H3,(H,34,38). The number of likely N-dealkylation sites (N-methyl/N-ethyl adjacent to an activating group) is 1. The van der Waals surface area contributed by atoms with Crippen LogP contribution in [0.5, 0.6) is 0 Å². The second kappa shape index (κ2) is 14.1. The van der Waals surface area contributed by atoms with Gasteiger partial charge in [-0.3, -0.25) is 13.9 Å². The van der Waals surface area contributed by atoms with Gasteiger partial charge >= 0.3 is 0 Å². The van der Waals surface area contributed by atoms with Crippen molar-refractivity contribution in [3.05, 3.63) is 131 Å². The first-order valence-corrected chi connectivity index (χ1v) is 15.5. The number of halogens is 1. The molecule has 1 N–H and O–H groups in total. The second-order valence-corrected chi connectivity index (χ2v) is 12.2. The number of carbonyl (C=O) groups excluding carboxylic acids is 2. The molecule has 0 bridgehead atoms. The van der Waals surface area contributed by atoms with Crippen LogP contribution in [0.3, 0.4) is 0 Å². The molecule has 1 unspecified atom stereocenters. The summed E-state index contributed by atoms with van der Waals surface area (Å²) >= 11 is 3.49. The van der Waals surface area contributed by atoms with Crippen molar-refractivity contribution in [2.24, 2.45) is 0 Å². The van der Waals surface area contributed by atoms with Crippen LogP contribution in [0.15, 0.2) is 125 Å². The van der Waals surface area contributed by atoms with Gasteiger partial charge in [-0.25, -0.2) is 8.42 Å². The lowest BCUT2D eigenvalue weighted by Gasteiger charge is -2.33. The van der Waals surface area contributed by atoms with Crippen molar-refractivity contribution in [3.8, 4) is 0 Å². The maximum Gasteiger partial charge on any atom is 0.264 e. The van der Waals surface area contributed by atoms with Gasteiger partial charge in [-0.15, -0.1) is 0 Å². The van der Waals surface area contributed by atoms with E-state index in [0.29, 0.717) is 12.2 Å². The zero-order valence-corrected chi connectivity index (χ0v) is 25.1. The number of hydrogen-bond acceptors (Lipinski definition) is 4. The average Bonchev–Trinajstić information content (AvgIpc) is 2.99. The predicted octanol–water partition coefficient (Wildman–Crippen LogP) is 5.42. The number of anilines is 1. The molecule has 4 aromatic carbocycles. The first-order valence-electron chi connectivity index (χ1n) is 13.3. The Labute approximate surface area is 250 Å². The fourth-order valence-electron chi connectivity index (χ4n) is 4.52. The summed E-state index contributed by atoms with van der Waals surface area (Å²) < 4.78 is 29.7. The maximum atomic E-state index is 14.3. The molecule has 41 heavy (non-hydrogen) atoms. The van der Waals surface area contributed by atoms with Crippen LogP contribution >= 0.6 is 15.9 Å². The van der Waals surface area contributed by atoms with Gasteiger partial charge in [0.25, 0.3) is 10.0 Å². The van der Waals surface area contributed by atoms with E-state index in [0.717, 1.165) is 19.9 Å². The van der Waals surface area contributed by atoms with Gasteiger partial charge in [-0.05, 0) is 54.4 Å². The third kappa shape index (κ3) is 7.83. The summed E-state index contributed by atoms with van der Waals surface area (Å²) in [5.74, 6) is -0.808. The van der Waals surface area contributed by atoms with E-state index in [1.807, 2.05) is 61.5 Å². The largest absolute Gasteiger partial charge is 0.355 e. The minimum Gasteiger partial charge on any atom is -0.355 e. The summed E-state index contributed by atoms with van der Waals surface area (Å²) in [6.45, 7) is 1.84. The topological polar surface area (TPSA) is 86.8 Å². The van der Waals surface area contributed by atoms with Crippen molar-refractivity contribution < 1.29 is 18.0 Å². The monoisotopic (exact) mass is 633 g/mol. The van der Waals surface area contributed by atoms with Gasteiger partial charge < -0.3 is 10.2 Å². The minimum atomic E-state index is -4.10. The third-order valence-electron chi connectivity index (χ3n) is 6.52. The molecular weight excluding hydrogens is 602 g/mol. The molecule has 2 amide bonds. The van der Waals surface area contributed by atoms with Crippen LogP contribution in [0.1, 0.15) is 18.1 Å². The number of nitrogens with one attached hydrogen (secondary N) is 1. The van der Waals surface area contributed by atoms with Crippen LogP contribution in [-0.4, -0.2) is 44.3 Å². The summed E-state index contributed by atoms with van der Waals surface area (Å²) in [5, 5.41) is 2.87. The Morgan fingerprint density at radius 2 is 1.39 bits per heavy atom. The summed E-state index contributed by atoms with van der Waals surface area (Å²) in [7, 11) is -4.10. The van der Waals surface area contributed by atoms with Crippen LogP contribution in [-0.2, 0) is 32.6 Å². The number of benzene rings is 4. The molecule has 4 rings (SSSR count). The first-order chi connectivity index (χ1) is 19.8. The minimum absolute atomic E-state index is 0.0692. The highest BCUT2D eigenvalue weighted by Gasteiger charge is 2.34. The number of hydrogen-bond donors (Lipinski definition) is 1. The summed E-state index contributed by atoms with van der Waals surface area (Å²) in [5.41, 5.74) is 2.03. The Morgan fingerprint density at radius 1 is 0.805 bits per heavy atom. The Balaban J connectivity index is 1.77. The van der Waals surface area contributed by atoms with E-state index in [9.17, 15) is 18.0 Å². The summed E-state index contributed by atoms with van der Waals surface area (Å²) in [4.78, 5) is 29.3. The van der Waals surface area contributed by atoms with E-state index in [2.05, 4.69) is 21.2 Å². The van der Waals surface area contributed by atoms with E-state index >= 15 is 0 Å². The van der Waals surface area contributed by atoms with Crippen molar-refractivity contribution in [2.75, 3.05) is 17.4 Å². The maximum absolute atomic E-state index is 14.3. The number of rotatable bonds is 12. The number of carbonyl (C=O) groups is 2. The van der Waals surface area contributed by atoms with Gasteiger partial charge in [-0.2, -0.15) is 0 Å². The van der Waals surface area contributed by atoms with Crippen molar-refractivity contribution in [2.45, 2.75) is 30.8 Å². The lowest BCUT2D eigenvalue weighted by Crippen LogP contribution is -2.53. The fraction of sp³-hybridized carbons (Fsp3) is 0.188. The molecule has 0 fully saturated rings. The molecule has 0 aliphatic rings. The molecule has 0 saturated carbocycles. The summed E-state index contributed by atoms with van der Waals surface area (Å²) in [6.07, 6.45) is 0.267. The Bertz CT molecular complexity index is 1550. The number of amides is 2. The molecule has 0 aliphatic carbocycles. The molecule has 0 saturated heterocycles. The molecule has 7 nitrogen and oxygen atoms in total. The highest BCUT2D eigenvalue weighted by Crippen LogP contribution is 2.25. The fourth-order valence-corrected chi connectivity index (χ4v) is 6.40. The van der Waals surface area contributed by atoms with Gasteiger partial charge in [0, 0.05) is 24.0 Å². The average molecular weight is 635 g/mol. The van der Waals surface area contributed by atoms with Crippen LogP contribution in [0.2, 0.25) is 0 Å². The van der Waals surface area contributed by atoms with E-state index in [1.165, 1.54) is 17.0 Å². The van der Waals surface area contributed by atoms with E-state index in [4.69, 9.17) is 0 Å². The van der Waals surface area contributed by atoms with Gasteiger partial charge in [0.1, 0.15) is 12.6 Å². The van der Waals surface area contributed by atoms with Crippen LogP contribution in [0.25, 0.3) is 0 Å². The van der Waals surface area contributed by atoms with Crippen LogP contribution < -0.4 is 9.62 Å². The van der Waals surface area contributed by atoms with Crippen molar-refractivity contribution in [3.63, 3.8) is 0 Å². The number of nitrogens with zero attached hydrogens (tertiary/aromatic N) is 2. The lowest BCUT2D eigenvalue weighted by molar-refractivity contribution is -0.140. The SMILES string of the molecule is CCNC(=O)C(Cc1ccccc1)N(Cc1cccc(Br)c1)C(=O)CN(c1ccccc1)S(=O)(=O)c1ccccc1. The van der Waals surface area contributed by atoms with E-state index < -0.39 is 28.5 Å². The van der Waals surface area contributed by atoms with Gasteiger partial charge in [0.2, 0.25) is 11.8 Å². The normalized spacial score (nSPS) is 11.9. The third-order valence-corrected chi connectivity index (χ3v) is 8.80. The van der Waals surface area contributed by atoms with Gasteiger partial charge in [0.15, 0.2) is 0 Å². The molecule has 9 heteroatoms. The van der Waals surface area contributed by atoms with Gasteiger partial charge in [-0.1, -0.05) is 94.8 Å². The second-order valence-electron chi connectivity index (χ2n) is 9.41. The van der Waals surface area contributed by atoms with Crippen molar-refractivity contribution in [1.82, 2.24) is 10.2 Å². The highest BCUT2D eigenvalue weighted by atomic mass is 79.9. The zero-order chi connectivity index (χ0) is 29.2. The molecule has 0 spiro atoms. The number of para-hydroxylation sites is 1. The molecule has 0 aliphatic heterocycles. The highest BCUT2D eigenvalue weighted by molar-refractivity contribution is 9.10. The van der Waals surface area contributed by atoms with E-state index in [1.54, 1.807) is 48.5 Å². The molecule has 212 valence electrons. The van der Waals surface area contributed by atoms with Crippen LogP contribution in [0, 0.1) is 0 Å². The Hall–Kier alpha value is -3.95. The molecule has 0 aromatic heterocycles. The van der Waals surface area contributed by atoms with Crippen molar-refractivity contribution in [1.29, 1.82) is 0 Å². The summed E-state index contributed by atoms with van der Waals surface area (Å²) in [6, 6.07) is 32.6. The van der Waals surface area contributed by atoms with Gasteiger partial charge in [0.05, 0.1) is 10.6 Å². The Kier molecular flexibility index (Phi) is 10.3. The molecule has 1 atom stereocenters. The molecular formula is C32H32BrN3O4S. The quantitative estimate of drug-likeness (QED) is 0.226. The first kappa shape index (κ1) is 30.0. The smallest absolute Gasteiger partial charge is 0.264 e.